The number of amides is 2. The second-order valence-electron chi connectivity index (χ2n) is 5.88. The molecule has 25 heavy (non-hydrogen) atoms. The van der Waals surface area contributed by atoms with Crippen molar-refractivity contribution < 1.29 is 14.0 Å². The maximum Gasteiger partial charge on any atom is 0.229 e. The number of hydrogen-bond donors (Lipinski definition) is 2. The molecule has 0 saturated heterocycles. The zero-order valence-electron chi connectivity index (χ0n) is 13.7. The van der Waals surface area contributed by atoms with Crippen LogP contribution in [0.15, 0.2) is 35.7 Å². The van der Waals surface area contributed by atoms with Crippen LogP contribution in [-0.4, -0.2) is 16.8 Å². The third-order valence-electron chi connectivity index (χ3n) is 3.94. The number of nitrogens with one attached hydrogen (secondary N) is 2. The van der Waals surface area contributed by atoms with Crippen LogP contribution in [0.5, 0.6) is 0 Å². The molecule has 2 aromatic rings. The number of benzene rings is 1. The van der Waals surface area contributed by atoms with Gasteiger partial charge in [0.15, 0.2) is 5.13 Å². The van der Waals surface area contributed by atoms with Crippen LogP contribution in [0.3, 0.4) is 0 Å². The Hall–Kier alpha value is -2.54. The first-order chi connectivity index (χ1) is 12.0. The Morgan fingerprint density at radius 1 is 1.28 bits per heavy atom. The van der Waals surface area contributed by atoms with E-state index >= 15 is 0 Å². The molecule has 0 bridgehead atoms. The lowest BCUT2D eigenvalue weighted by Crippen LogP contribution is -2.23. The molecule has 1 aromatic heterocycles. The van der Waals surface area contributed by atoms with E-state index in [0.29, 0.717) is 22.1 Å². The van der Waals surface area contributed by atoms with E-state index in [4.69, 9.17) is 0 Å². The van der Waals surface area contributed by atoms with Crippen molar-refractivity contribution in [2.24, 2.45) is 5.92 Å². The second-order valence-corrected chi connectivity index (χ2v) is 6.74. The minimum absolute atomic E-state index is 0.0361. The Bertz CT molecular complexity index is 831. The van der Waals surface area contributed by atoms with Gasteiger partial charge in [0.1, 0.15) is 5.82 Å². The average molecular weight is 359 g/mol. The van der Waals surface area contributed by atoms with Crippen LogP contribution >= 0.6 is 11.3 Å². The number of allylic oxidation sites excluding steroid dienone is 2. The highest BCUT2D eigenvalue weighted by Gasteiger charge is 2.20. The fourth-order valence-electron chi connectivity index (χ4n) is 2.70. The number of carbonyl (C=O) groups excluding carboxylic acids is 2. The van der Waals surface area contributed by atoms with Crippen LogP contribution in [0.4, 0.5) is 15.2 Å². The van der Waals surface area contributed by atoms with Crippen LogP contribution in [0.25, 0.3) is 11.3 Å². The summed E-state index contributed by atoms with van der Waals surface area (Å²) >= 11 is 1.26. The van der Waals surface area contributed by atoms with E-state index < -0.39 is 5.82 Å². The van der Waals surface area contributed by atoms with E-state index in [-0.39, 0.29) is 17.7 Å². The standard InChI is InChI=1S/C18H18FN3O2S/c1-11(23)20-13-7-8-14(15(19)9-13)16-10-25-18(21-16)22-17(24)12-5-3-2-4-6-12/h2-3,7-10,12H,4-6H2,1H3,(H,20,23)(H,21,22,24)/t12-/m1/s1. The van der Waals surface area contributed by atoms with E-state index in [1.165, 1.54) is 24.3 Å². The normalized spacial score (nSPS) is 16.5. The number of nitrogens with zero attached hydrogens (tertiary/aromatic N) is 1. The van der Waals surface area contributed by atoms with Crippen molar-refractivity contribution in [1.29, 1.82) is 0 Å². The van der Waals surface area contributed by atoms with Gasteiger partial charge in [0, 0.05) is 29.5 Å². The summed E-state index contributed by atoms with van der Waals surface area (Å²) in [6.07, 6.45) is 6.59. The number of carbonyl (C=O) groups is 2. The molecule has 1 aliphatic rings. The van der Waals surface area contributed by atoms with Crippen molar-refractivity contribution in [3.05, 3.63) is 41.5 Å². The zero-order valence-corrected chi connectivity index (χ0v) is 14.5. The first-order valence-electron chi connectivity index (χ1n) is 8.02. The molecule has 0 fully saturated rings. The Kier molecular flexibility index (Phi) is 5.23. The molecule has 1 heterocycles. The topological polar surface area (TPSA) is 71.1 Å². The molecule has 3 rings (SSSR count). The third kappa shape index (κ3) is 4.30. The molecule has 0 radical (unpaired) electrons. The lowest BCUT2D eigenvalue weighted by molar-refractivity contribution is -0.120. The predicted molar refractivity (Wildman–Crippen MR) is 96.9 cm³/mol. The molecule has 130 valence electrons. The number of anilines is 2. The van der Waals surface area contributed by atoms with Gasteiger partial charge in [0.25, 0.3) is 0 Å². The largest absolute Gasteiger partial charge is 0.326 e. The van der Waals surface area contributed by atoms with Gasteiger partial charge in [0.2, 0.25) is 11.8 Å². The molecule has 2 N–H and O–H groups in total. The monoisotopic (exact) mass is 359 g/mol. The Balaban J connectivity index is 1.71. The summed E-state index contributed by atoms with van der Waals surface area (Å²) in [5, 5.41) is 7.51. The number of rotatable bonds is 4. The maximum absolute atomic E-state index is 14.3. The molecular weight excluding hydrogens is 341 g/mol. The SMILES string of the molecule is CC(=O)Nc1ccc(-c2csc(NC(=O)[C@@H]3CC=CCC3)n2)c(F)c1. The van der Waals surface area contributed by atoms with Gasteiger partial charge in [-0.15, -0.1) is 11.3 Å². The van der Waals surface area contributed by atoms with E-state index in [2.05, 4.69) is 21.7 Å². The number of halogens is 1. The summed E-state index contributed by atoms with van der Waals surface area (Å²) in [4.78, 5) is 27.6. The molecular formula is C18H18FN3O2S. The van der Waals surface area contributed by atoms with Crippen LogP contribution in [0.2, 0.25) is 0 Å². The summed E-state index contributed by atoms with van der Waals surface area (Å²) in [6, 6.07) is 4.43. The molecule has 1 aliphatic carbocycles. The fraction of sp³-hybridized carbons (Fsp3) is 0.278. The van der Waals surface area contributed by atoms with Gasteiger partial charge < -0.3 is 10.6 Å². The summed E-state index contributed by atoms with van der Waals surface area (Å²) in [6.45, 7) is 1.36. The highest BCUT2D eigenvalue weighted by Crippen LogP contribution is 2.29. The lowest BCUT2D eigenvalue weighted by Gasteiger charge is -2.15. The fourth-order valence-corrected chi connectivity index (χ4v) is 3.41. The van der Waals surface area contributed by atoms with Gasteiger partial charge >= 0.3 is 0 Å². The van der Waals surface area contributed by atoms with Crippen LogP contribution in [0.1, 0.15) is 26.2 Å². The smallest absolute Gasteiger partial charge is 0.229 e. The molecule has 7 heteroatoms. The lowest BCUT2D eigenvalue weighted by atomic mass is 9.94. The highest BCUT2D eigenvalue weighted by atomic mass is 32.1. The summed E-state index contributed by atoms with van der Waals surface area (Å²) in [5.41, 5.74) is 1.17. The molecule has 1 atom stereocenters. The molecule has 0 spiro atoms. The molecule has 1 aromatic carbocycles. The molecule has 0 aliphatic heterocycles. The van der Waals surface area contributed by atoms with E-state index in [1.807, 2.05) is 6.08 Å². The zero-order chi connectivity index (χ0) is 17.8. The van der Waals surface area contributed by atoms with E-state index in [9.17, 15) is 14.0 Å². The summed E-state index contributed by atoms with van der Waals surface area (Å²) in [5.74, 6) is -0.826. The quantitative estimate of drug-likeness (QED) is 0.804. The van der Waals surface area contributed by atoms with Crippen LogP contribution < -0.4 is 10.6 Å². The van der Waals surface area contributed by atoms with Gasteiger partial charge in [-0.2, -0.15) is 0 Å². The molecule has 0 unspecified atom stereocenters. The molecule has 5 nitrogen and oxygen atoms in total. The van der Waals surface area contributed by atoms with E-state index in [0.717, 1.165) is 19.3 Å². The highest BCUT2D eigenvalue weighted by molar-refractivity contribution is 7.14. The third-order valence-corrected chi connectivity index (χ3v) is 4.70. The molecule has 2 amide bonds. The van der Waals surface area contributed by atoms with Crippen LogP contribution in [0, 0.1) is 11.7 Å². The summed E-state index contributed by atoms with van der Waals surface area (Å²) in [7, 11) is 0. The number of aromatic nitrogens is 1. The Morgan fingerprint density at radius 3 is 2.80 bits per heavy atom. The predicted octanol–water partition coefficient (Wildman–Crippen LogP) is 4.20. The number of hydrogen-bond acceptors (Lipinski definition) is 4. The van der Waals surface area contributed by atoms with Gasteiger partial charge in [-0.05, 0) is 37.5 Å². The summed E-state index contributed by atoms with van der Waals surface area (Å²) < 4.78 is 14.3. The Labute approximate surface area is 149 Å². The second kappa shape index (κ2) is 7.57. The van der Waals surface area contributed by atoms with Crippen molar-refractivity contribution in [1.82, 2.24) is 4.98 Å². The molecule has 0 saturated carbocycles. The first-order valence-corrected chi connectivity index (χ1v) is 8.90. The average Bonchev–Trinajstić information content (AvgIpc) is 3.03. The van der Waals surface area contributed by atoms with Gasteiger partial charge in [-0.3, -0.25) is 9.59 Å². The van der Waals surface area contributed by atoms with Crippen LogP contribution in [-0.2, 0) is 9.59 Å². The van der Waals surface area contributed by atoms with Crippen molar-refractivity contribution in [3.8, 4) is 11.3 Å². The van der Waals surface area contributed by atoms with Crippen molar-refractivity contribution in [3.63, 3.8) is 0 Å². The maximum atomic E-state index is 14.3. The number of thiazole rings is 1. The Morgan fingerprint density at radius 2 is 2.12 bits per heavy atom. The van der Waals surface area contributed by atoms with Gasteiger partial charge in [-0.25, -0.2) is 9.37 Å². The first kappa shape index (κ1) is 17.3. The van der Waals surface area contributed by atoms with Crippen molar-refractivity contribution >= 4 is 34.0 Å². The minimum Gasteiger partial charge on any atom is -0.326 e. The van der Waals surface area contributed by atoms with Crippen molar-refractivity contribution in [2.75, 3.05) is 10.6 Å². The van der Waals surface area contributed by atoms with Gasteiger partial charge in [-0.1, -0.05) is 12.2 Å². The van der Waals surface area contributed by atoms with Crippen molar-refractivity contribution in [2.45, 2.75) is 26.2 Å². The van der Waals surface area contributed by atoms with E-state index in [1.54, 1.807) is 17.5 Å². The van der Waals surface area contributed by atoms with Gasteiger partial charge in [0.05, 0.1) is 5.69 Å². The minimum atomic E-state index is -0.480.